The monoisotopic (exact) mass is 477 g/mol. The number of nitrogens with two attached hydrogens (primary N) is 1. The molecule has 0 aromatic heterocycles. The molecule has 3 aliphatic rings. The van der Waals surface area contributed by atoms with Crippen LogP contribution in [0.1, 0.15) is 51.4 Å². The molecule has 2 heterocycles. The Kier molecular flexibility index (Phi) is 8.44. The summed E-state index contributed by atoms with van der Waals surface area (Å²) in [5, 5.41) is 3.55. The quantitative estimate of drug-likeness (QED) is 0.266. The van der Waals surface area contributed by atoms with E-state index in [9.17, 15) is 4.79 Å². The number of carbonyl (C=O) groups excluding carboxylic acids is 1. The molecule has 0 aromatic carbocycles. The highest BCUT2D eigenvalue weighted by molar-refractivity contribution is 14.0. The van der Waals surface area contributed by atoms with E-state index in [0.717, 1.165) is 57.9 Å². The largest absolute Gasteiger partial charge is 0.369 e. The fraction of sp³-hybridized carbons (Fsp3) is 0.895. The topological polar surface area (TPSA) is 74.0 Å². The van der Waals surface area contributed by atoms with Crippen LogP contribution >= 0.6 is 24.0 Å². The molecule has 1 saturated carbocycles. The molecule has 0 atom stereocenters. The number of halogens is 1. The van der Waals surface area contributed by atoms with Crippen molar-refractivity contribution in [3.8, 4) is 0 Å². The summed E-state index contributed by atoms with van der Waals surface area (Å²) < 4.78 is 0. The maximum atomic E-state index is 11.2. The lowest BCUT2D eigenvalue weighted by molar-refractivity contribution is -0.123. The second-order valence-corrected chi connectivity index (χ2v) is 8.22. The second-order valence-electron chi connectivity index (χ2n) is 8.22. The van der Waals surface area contributed by atoms with Crippen LogP contribution in [0.5, 0.6) is 0 Å². The van der Waals surface area contributed by atoms with Gasteiger partial charge in [0.2, 0.25) is 5.91 Å². The molecule has 3 fully saturated rings. The highest BCUT2D eigenvalue weighted by Crippen LogP contribution is 2.47. The van der Waals surface area contributed by atoms with E-state index in [1.54, 1.807) is 0 Å². The summed E-state index contributed by atoms with van der Waals surface area (Å²) in [6.45, 7) is 6.50. The molecule has 1 amide bonds. The van der Waals surface area contributed by atoms with E-state index in [1.807, 2.05) is 7.05 Å². The van der Waals surface area contributed by atoms with Gasteiger partial charge in [0.05, 0.1) is 0 Å². The normalized spacial score (nSPS) is 23.6. The summed E-state index contributed by atoms with van der Waals surface area (Å²) in [6.07, 6.45) is 9.78. The minimum atomic E-state index is -0.124. The number of unbranched alkanes of at least 4 members (excludes halogenated alkanes) is 1. The molecule has 150 valence electrons. The lowest BCUT2D eigenvalue weighted by atomic mass is 9.68. The van der Waals surface area contributed by atoms with Crippen LogP contribution in [0.4, 0.5) is 0 Å². The van der Waals surface area contributed by atoms with E-state index in [2.05, 4.69) is 20.1 Å². The SMILES string of the molecule is CN=C(NCCCCN1CCC(C(N)=O)CC1)N1CCC2(CCC2)C1.I. The van der Waals surface area contributed by atoms with Crippen molar-refractivity contribution >= 4 is 35.8 Å². The van der Waals surface area contributed by atoms with Crippen molar-refractivity contribution in [1.29, 1.82) is 0 Å². The first kappa shape index (κ1) is 21.7. The molecule has 0 aromatic rings. The Morgan fingerprint density at radius 1 is 1.19 bits per heavy atom. The van der Waals surface area contributed by atoms with E-state index in [0.29, 0.717) is 5.41 Å². The third kappa shape index (κ3) is 5.47. The number of hydrogen-bond acceptors (Lipinski definition) is 3. The van der Waals surface area contributed by atoms with E-state index in [-0.39, 0.29) is 35.8 Å². The number of likely N-dealkylation sites (tertiary alicyclic amines) is 2. The van der Waals surface area contributed by atoms with Gasteiger partial charge in [-0.25, -0.2) is 0 Å². The molecule has 0 radical (unpaired) electrons. The number of primary amides is 1. The Hall–Kier alpha value is -0.570. The molecule has 3 rings (SSSR count). The van der Waals surface area contributed by atoms with Gasteiger partial charge in [0.25, 0.3) is 0 Å². The molecular weight excluding hydrogens is 441 g/mol. The van der Waals surface area contributed by atoms with Crippen LogP contribution in [-0.4, -0.2) is 68.0 Å². The predicted octanol–water partition coefficient (Wildman–Crippen LogP) is 2.03. The summed E-state index contributed by atoms with van der Waals surface area (Å²) >= 11 is 0. The van der Waals surface area contributed by atoms with Crippen LogP contribution in [0.2, 0.25) is 0 Å². The Morgan fingerprint density at radius 3 is 2.46 bits per heavy atom. The van der Waals surface area contributed by atoms with Gasteiger partial charge in [0, 0.05) is 32.6 Å². The molecule has 6 nitrogen and oxygen atoms in total. The van der Waals surface area contributed by atoms with Gasteiger partial charge >= 0.3 is 0 Å². The summed E-state index contributed by atoms with van der Waals surface area (Å²) in [6, 6.07) is 0. The van der Waals surface area contributed by atoms with Crippen LogP contribution < -0.4 is 11.1 Å². The first-order valence-corrected chi connectivity index (χ1v) is 10.1. The molecule has 1 aliphatic carbocycles. The van der Waals surface area contributed by atoms with Crippen molar-refractivity contribution in [3.05, 3.63) is 0 Å². The van der Waals surface area contributed by atoms with Crippen molar-refractivity contribution in [2.75, 3.05) is 46.3 Å². The minimum absolute atomic E-state index is 0. The lowest BCUT2D eigenvalue weighted by Gasteiger charge is -2.38. The number of rotatable bonds is 6. The Morgan fingerprint density at radius 2 is 1.92 bits per heavy atom. The Balaban J connectivity index is 0.00000243. The number of hydrogen-bond donors (Lipinski definition) is 2. The van der Waals surface area contributed by atoms with Gasteiger partial charge in [-0.2, -0.15) is 0 Å². The maximum Gasteiger partial charge on any atom is 0.220 e. The van der Waals surface area contributed by atoms with Crippen molar-refractivity contribution in [2.24, 2.45) is 22.1 Å². The predicted molar refractivity (Wildman–Crippen MR) is 117 cm³/mol. The van der Waals surface area contributed by atoms with Crippen molar-refractivity contribution in [2.45, 2.75) is 51.4 Å². The third-order valence-electron chi connectivity index (χ3n) is 6.54. The zero-order valence-electron chi connectivity index (χ0n) is 16.2. The van der Waals surface area contributed by atoms with Gasteiger partial charge in [0.1, 0.15) is 0 Å². The summed E-state index contributed by atoms with van der Waals surface area (Å²) in [5.74, 6) is 1.06. The van der Waals surface area contributed by atoms with E-state index in [1.165, 1.54) is 38.6 Å². The number of piperidine rings is 1. The van der Waals surface area contributed by atoms with E-state index >= 15 is 0 Å². The number of aliphatic imine (C=N–C) groups is 1. The molecule has 7 heteroatoms. The maximum absolute atomic E-state index is 11.2. The molecule has 0 bridgehead atoms. The van der Waals surface area contributed by atoms with Crippen molar-refractivity contribution < 1.29 is 4.79 Å². The minimum Gasteiger partial charge on any atom is -0.369 e. The second kappa shape index (κ2) is 10.1. The Bertz CT molecular complexity index is 486. The molecule has 0 unspecified atom stereocenters. The van der Waals surface area contributed by atoms with Crippen LogP contribution in [0.3, 0.4) is 0 Å². The number of guanidine groups is 1. The molecule has 2 aliphatic heterocycles. The Labute approximate surface area is 175 Å². The number of nitrogens with zero attached hydrogens (tertiary/aromatic N) is 3. The zero-order chi connectivity index (χ0) is 17.7. The van der Waals surface area contributed by atoms with Gasteiger partial charge in [-0.15, -0.1) is 24.0 Å². The molecule has 1 spiro atoms. The van der Waals surface area contributed by atoms with Crippen molar-refractivity contribution in [1.82, 2.24) is 15.1 Å². The smallest absolute Gasteiger partial charge is 0.220 e. The molecule has 2 saturated heterocycles. The van der Waals surface area contributed by atoms with Crippen LogP contribution in [-0.2, 0) is 4.79 Å². The lowest BCUT2D eigenvalue weighted by Crippen LogP contribution is -2.43. The summed E-state index contributed by atoms with van der Waals surface area (Å²) in [5.41, 5.74) is 6.01. The molecule has 26 heavy (non-hydrogen) atoms. The summed E-state index contributed by atoms with van der Waals surface area (Å²) in [7, 11) is 1.90. The van der Waals surface area contributed by atoms with Crippen LogP contribution in [0, 0.1) is 11.3 Å². The van der Waals surface area contributed by atoms with E-state index < -0.39 is 0 Å². The highest BCUT2D eigenvalue weighted by atomic mass is 127. The first-order chi connectivity index (χ1) is 12.1. The average molecular weight is 477 g/mol. The van der Waals surface area contributed by atoms with Crippen LogP contribution in [0.25, 0.3) is 0 Å². The molecular formula is C19H36IN5O. The average Bonchev–Trinajstić information content (AvgIpc) is 3.04. The number of amides is 1. The van der Waals surface area contributed by atoms with Gasteiger partial charge in [-0.3, -0.25) is 9.79 Å². The summed E-state index contributed by atoms with van der Waals surface area (Å²) in [4.78, 5) is 20.6. The zero-order valence-corrected chi connectivity index (χ0v) is 18.5. The van der Waals surface area contributed by atoms with Crippen LogP contribution in [0.15, 0.2) is 4.99 Å². The number of carbonyl (C=O) groups is 1. The van der Waals surface area contributed by atoms with Gasteiger partial charge in [-0.05, 0) is 70.0 Å². The standard InChI is InChI=1S/C19H35N5O.HI/c1-21-18(24-14-9-19(15-24)7-4-8-19)22-10-2-3-11-23-12-5-16(6-13-23)17(20)25;/h16H,2-15H2,1H3,(H2,20,25)(H,21,22);1H. The third-order valence-corrected chi connectivity index (χ3v) is 6.54. The molecule has 3 N–H and O–H groups in total. The first-order valence-electron chi connectivity index (χ1n) is 10.1. The highest BCUT2D eigenvalue weighted by Gasteiger charge is 2.43. The number of nitrogens with one attached hydrogen (secondary N) is 1. The van der Waals surface area contributed by atoms with Gasteiger partial charge in [-0.1, -0.05) is 6.42 Å². The van der Waals surface area contributed by atoms with Crippen molar-refractivity contribution in [3.63, 3.8) is 0 Å². The van der Waals surface area contributed by atoms with Gasteiger partial charge in [0.15, 0.2) is 5.96 Å². The fourth-order valence-electron chi connectivity index (χ4n) is 4.63. The van der Waals surface area contributed by atoms with E-state index in [4.69, 9.17) is 5.73 Å². The fourth-order valence-corrected chi connectivity index (χ4v) is 4.63. The van der Waals surface area contributed by atoms with Gasteiger partial charge < -0.3 is 20.9 Å².